The molecule has 2 saturated heterocycles. The third kappa shape index (κ3) is 6.09. The molecule has 10 nitrogen and oxygen atoms in total. The molecule has 1 saturated carbocycles. The summed E-state index contributed by atoms with van der Waals surface area (Å²) in [6.45, 7) is 8.00. The first-order chi connectivity index (χ1) is 17.2. The smallest absolute Gasteiger partial charge is 0.291 e. The molecule has 0 bridgehead atoms. The van der Waals surface area contributed by atoms with E-state index in [9.17, 15) is 28.4 Å². The normalized spacial score (nSPS) is 28.1. The number of fused-ring (bicyclic) bond motifs is 1. The highest BCUT2D eigenvalue weighted by Crippen LogP contribution is 2.65. The van der Waals surface area contributed by atoms with Crippen molar-refractivity contribution in [1.82, 2.24) is 26.0 Å². The van der Waals surface area contributed by atoms with Crippen LogP contribution in [-0.4, -0.2) is 81.6 Å². The molecule has 0 spiro atoms. The van der Waals surface area contributed by atoms with Gasteiger partial charge in [0.25, 0.3) is 23.4 Å². The molecule has 37 heavy (non-hydrogen) atoms. The molecule has 3 fully saturated rings. The van der Waals surface area contributed by atoms with E-state index in [0.29, 0.717) is 19.4 Å². The summed E-state index contributed by atoms with van der Waals surface area (Å²) >= 11 is 16.7. The van der Waals surface area contributed by atoms with Gasteiger partial charge in [0.1, 0.15) is 12.1 Å². The molecule has 0 aromatic rings. The van der Waals surface area contributed by atoms with Crippen molar-refractivity contribution >= 4 is 64.3 Å². The van der Waals surface area contributed by atoms with E-state index in [1.807, 2.05) is 20.8 Å². The lowest BCUT2D eigenvalue weighted by Gasteiger charge is -2.36. The Bertz CT molecular complexity index is 952. The van der Waals surface area contributed by atoms with Crippen LogP contribution in [0.1, 0.15) is 40.5 Å². The predicted molar refractivity (Wildman–Crippen MR) is 135 cm³/mol. The second kappa shape index (κ2) is 11.5. The molecule has 14 heteroatoms. The van der Waals surface area contributed by atoms with Crippen molar-refractivity contribution in [3.05, 3.63) is 0 Å². The zero-order valence-corrected chi connectivity index (χ0v) is 23.4. The van der Waals surface area contributed by atoms with Gasteiger partial charge in [0.2, 0.25) is 11.8 Å². The SMILES string of the molecule is CCC(C)C(NC(=O)C(Cl)Cl)C(=O)N1C[C@H]2[C@@H]([C@H]1C(=O)NN(C[C@@H]1CCNC1=O)C(=O)C(F)Cl)C2(C)C. The highest BCUT2D eigenvalue weighted by Gasteiger charge is 2.69. The Morgan fingerprint density at radius 1 is 1.24 bits per heavy atom. The molecule has 7 atom stereocenters. The maximum absolute atomic E-state index is 13.8. The molecule has 3 N–H and O–H groups in total. The standard InChI is InChI=1S/C23H33Cl3FN5O5/c1-5-10(2)14(29-20(35)16(24)25)21(36)31-9-12-13(23(12,3)4)15(31)19(34)30-32(22(37)17(26)27)8-11-6-7-28-18(11)33/h10-17H,5-9H2,1-4H3,(H,28,33)(H,29,35)(H,30,34)/t10?,11-,12-,13-,14?,15-,17?/m0/s1. The Hall–Kier alpha value is -1.85. The molecule has 3 aliphatic rings. The molecule has 3 rings (SSSR count). The molecule has 2 heterocycles. The van der Waals surface area contributed by atoms with Gasteiger partial charge in [-0.1, -0.05) is 68.9 Å². The quantitative estimate of drug-likeness (QED) is 0.278. The van der Waals surface area contributed by atoms with Crippen LogP contribution in [0.4, 0.5) is 4.39 Å². The number of rotatable bonds is 9. The van der Waals surface area contributed by atoms with Crippen molar-refractivity contribution in [2.24, 2.45) is 29.1 Å². The topological polar surface area (TPSA) is 128 Å². The summed E-state index contributed by atoms with van der Waals surface area (Å²) < 4.78 is 13.8. The van der Waals surface area contributed by atoms with Gasteiger partial charge in [-0.15, -0.1) is 0 Å². The molecule has 3 unspecified atom stereocenters. The van der Waals surface area contributed by atoms with Crippen molar-refractivity contribution in [1.29, 1.82) is 0 Å². The number of alkyl halides is 4. The maximum atomic E-state index is 13.8. The van der Waals surface area contributed by atoms with Gasteiger partial charge in [0.05, 0.1) is 12.5 Å². The third-order valence-corrected chi connectivity index (χ3v) is 8.58. The number of piperidine rings is 1. The van der Waals surface area contributed by atoms with Crippen LogP contribution in [0.5, 0.6) is 0 Å². The molecule has 208 valence electrons. The molecular weight excluding hydrogens is 552 g/mol. The first-order valence-corrected chi connectivity index (χ1v) is 13.6. The molecule has 0 aromatic heterocycles. The van der Waals surface area contributed by atoms with Crippen LogP contribution in [0.2, 0.25) is 0 Å². The first-order valence-electron chi connectivity index (χ1n) is 12.3. The Kier molecular flexibility index (Phi) is 9.22. The minimum atomic E-state index is -2.43. The summed E-state index contributed by atoms with van der Waals surface area (Å²) in [7, 11) is 0. The highest BCUT2D eigenvalue weighted by atomic mass is 35.5. The van der Waals surface area contributed by atoms with Crippen molar-refractivity contribution in [2.45, 2.75) is 63.1 Å². The zero-order chi connectivity index (χ0) is 27.8. The fraction of sp³-hybridized carbons (Fsp3) is 0.783. The van der Waals surface area contributed by atoms with Gasteiger partial charge in [-0.2, -0.15) is 0 Å². The van der Waals surface area contributed by atoms with E-state index in [1.54, 1.807) is 6.92 Å². The minimum absolute atomic E-state index is 0.0148. The van der Waals surface area contributed by atoms with Crippen LogP contribution in [0.25, 0.3) is 0 Å². The van der Waals surface area contributed by atoms with Crippen molar-refractivity contribution < 1.29 is 28.4 Å². The number of nitrogens with zero attached hydrogens (tertiary/aromatic N) is 2. The second-order valence-electron chi connectivity index (χ2n) is 10.6. The molecule has 5 amide bonds. The van der Waals surface area contributed by atoms with Gasteiger partial charge < -0.3 is 15.5 Å². The molecule has 0 aromatic carbocycles. The van der Waals surface area contributed by atoms with E-state index < -0.39 is 52.1 Å². The molecular formula is C23H33Cl3FN5O5. The van der Waals surface area contributed by atoms with Crippen LogP contribution in [0.15, 0.2) is 0 Å². The number of likely N-dealkylation sites (tertiary alicyclic amines) is 1. The number of hydrazine groups is 1. The Morgan fingerprint density at radius 3 is 2.41 bits per heavy atom. The summed E-state index contributed by atoms with van der Waals surface area (Å²) in [5, 5.41) is 5.93. The summed E-state index contributed by atoms with van der Waals surface area (Å²) in [6, 6.07) is -1.97. The number of carbonyl (C=O) groups excluding carboxylic acids is 5. The lowest BCUT2D eigenvalue weighted by molar-refractivity contribution is -0.150. The molecule has 1 aliphatic carbocycles. The molecule has 2 aliphatic heterocycles. The predicted octanol–water partition coefficient (Wildman–Crippen LogP) is 1.33. The summed E-state index contributed by atoms with van der Waals surface area (Å²) in [4.78, 5) is 64.0. The van der Waals surface area contributed by atoms with E-state index in [0.717, 1.165) is 5.01 Å². The van der Waals surface area contributed by atoms with Crippen molar-refractivity contribution in [2.75, 3.05) is 19.6 Å². The molecule has 0 radical (unpaired) electrons. The summed E-state index contributed by atoms with van der Waals surface area (Å²) in [5.41, 5.74) is -0.254. The fourth-order valence-corrected chi connectivity index (χ4v) is 5.68. The minimum Gasteiger partial charge on any atom is -0.356 e. The average molecular weight is 585 g/mol. The van der Waals surface area contributed by atoms with Crippen LogP contribution in [0.3, 0.4) is 0 Å². The highest BCUT2D eigenvalue weighted by molar-refractivity contribution is 6.53. The van der Waals surface area contributed by atoms with Gasteiger partial charge in [-0.05, 0) is 29.6 Å². The summed E-state index contributed by atoms with van der Waals surface area (Å²) in [6.07, 6.45) is 0.955. The van der Waals surface area contributed by atoms with Crippen LogP contribution in [0, 0.1) is 29.1 Å². The summed E-state index contributed by atoms with van der Waals surface area (Å²) in [5.74, 6) is -4.57. The van der Waals surface area contributed by atoms with E-state index >= 15 is 0 Å². The number of hydrogen-bond donors (Lipinski definition) is 3. The Balaban J connectivity index is 1.85. The fourth-order valence-electron chi connectivity index (χ4n) is 5.44. The van der Waals surface area contributed by atoms with Crippen molar-refractivity contribution in [3.63, 3.8) is 0 Å². The monoisotopic (exact) mass is 583 g/mol. The number of hydrogen-bond acceptors (Lipinski definition) is 5. The first kappa shape index (κ1) is 29.7. The van der Waals surface area contributed by atoms with E-state index in [-0.39, 0.29) is 42.2 Å². The zero-order valence-electron chi connectivity index (χ0n) is 21.1. The van der Waals surface area contributed by atoms with Crippen LogP contribution < -0.4 is 16.1 Å². The number of amides is 5. The second-order valence-corrected chi connectivity index (χ2v) is 12.0. The van der Waals surface area contributed by atoms with E-state index in [4.69, 9.17) is 34.8 Å². The van der Waals surface area contributed by atoms with Gasteiger partial charge in [-0.25, -0.2) is 9.40 Å². The third-order valence-electron chi connectivity index (χ3n) is 8.00. The van der Waals surface area contributed by atoms with E-state index in [2.05, 4.69) is 16.1 Å². The number of halogens is 4. The largest absolute Gasteiger partial charge is 0.356 e. The van der Waals surface area contributed by atoms with Gasteiger partial charge in [0, 0.05) is 13.1 Å². The lowest BCUT2D eigenvalue weighted by atomic mass is 9.95. The average Bonchev–Trinajstić information content (AvgIpc) is 3.19. The number of carbonyl (C=O) groups is 5. The van der Waals surface area contributed by atoms with Gasteiger partial charge >= 0.3 is 0 Å². The Labute approximate surface area is 230 Å². The van der Waals surface area contributed by atoms with Crippen LogP contribution in [-0.2, 0) is 24.0 Å². The maximum Gasteiger partial charge on any atom is 0.291 e. The van der Waals surface area contributed by atoms with Crippen LogP contribution >= 0.6 is 34.8 Å². The van der Waals surface area contributed by atoms with E-state index in [1.165, 1.54) is 4.90 Å². The lowest BCUT2D eigenvalue weighted by Crippen LogP contribution is -2.60. The van der Waals surface area contributed by atoms with Gasteiger partial charge in [-0.3, -0.25) is 29.4 Å². The number of nitrogens with one attached hydrogen (secondary N) is 3. The Morgan fingerprint density at radius 2 is 1.89 bits per heavy atom. The van der Waals surface area contributed by atoms with Gasteiger partial charge in [0.15, 0.2) is 4.84 Å². The van der Waals surface area contributed by atoms with Crippen molar-refractivity contribution in [3.8, 4) is 0 Å².